The number of benzene rings is 2. The molecular weight excluding hydrogens is 292 g/mol. The largest absolute Gasteiger partial charge is 0.490 e. The minimum atomic E-state index is -0.150. The highest BCUT2D eigenvalue weighted by Crippen LogP contribution is 2.29. The third-order valence-corrected chi connectivity index (χ3v) is 3.46. The predicted octanol–water partition coefficient (Wildman–Crippen LogP) is 3.52. The van der Waals surface area contributed by atoms with E-state index in [0.717, 1.165) is 11.0 Å². The van der Waals surface area contributed by atoms with Crippen LogP contribution in [0, 0.1) is 0 Å². The molecule has 0 aliphatic rings. The van der Waals surface area contributed by atoms with Crippen molar-refractivity contribution in [3.05, 3.63) is 54.4 Å². The van der Waals surface area contributed by atoms with Crippen LogP contribution in [0.5, 0.6) is 11.5 Å². The summed E-state index contributed by atoms with van der Waals surface area (Å²) in [4.78, 5) is 17.0. The van der Waals surface area contributed by atoms with Gasteiger partial charge >= 0.3 is 0 Å². The smallest absolute Gasteiger partial charge is 0.263 e. The summed E-state index contributed by atoms with van der Waals surface area (Å²) in [5, 5.41) is 0. The van der Waals surface area contributed by atoms with E-state index in [9.17, 15) is 4.79 Å². The maximum absolute atomic E-state index is 12.8. The highest BCUT2D eigenvalue weighted by molar-refractivity contribution is 6.01. The average molecular weight is 310 g/mol. The maximum Gasteiger partial charge on any atom is 0.263 e. The molecule has 0 saturated heterocycles. The van der Waals surface area contributed by atoms with E-state index in [1.54, 1.807) is 29.1 Å². The van der Waals surface area contributed by atoms with Crippen LogP contribution in [0.1, 0.15) is 24.2 Å². The second kappa shape index (κ2) is 6.52. The van der Waals surface area contributed by atoms with Gasteiger partial charge in [0.2, 0.25) is 0 Å². The molecule has 0 saturated carbocycles. The Bertz CT molecular complexity index is 839. The van der Waals surface area contributed by atoms with Crippen molar-refractivity contribution in [2.45, 2.75) is 13.8 Å². The molecule has 0 fully saturated rings. The Labute approximate surface area is 134 Å². The van der Waals surface area contributed by atoms with Crippen molar-refractivity contribution in [1.82, 2.24) is 9.55 Å². The van der Waals surface area contributed by atoms with Gasteiger partial charge in [-0.05, 0) is 44.2 Å². The molecule has 0 aliphatic heterocycles. The van der Waals surface area contributed by atoms with E-state index in [4.69, 9.17) is 9.47 Å². The first kappa shape index (κ1) is 15.1. The normalized spacial score (nSPS) is 10.7. The Morgan fingerprint density at radius 1 is 1.04 bits per heavy atom. The first-order valence-corrected chi connectivity index (χ1v) is 7.61. The van der Waals surface area contributed by atoms with Gasteiger partial charge < -0.3 is 9.47 Å². The summed E-state index contributed by atoms with van der Waals surface area (Å²) in [7, 11) is 0. The number of hydrogen-bond donors (Lipinski definition) is 0. The molecule has 3 aromatic rings. The van der Waals surface area contributed by atoms with Crippen LogP contribution < -0.4 is 9.47 Å². The van der Waals surface area contributed by atoms with E-state index in [1.165, 1.54) is 0 Å². The summed E-state index contributed by atoms with van der Waals surface area (Å²) < 4.78 is 12.7. The molecule has 118 valence electrons. The van der Waals surface area contributed by atoms with Crippen LogP contribution in [-0.4, -0.2) is 28.7 Å². The first-order chi connectivity index (χ1) is 11.2. The molecule has 5 nitrogen and oxygen atoms in total. The third kappa shape index (κ3) is 2.90. The lowest BCUT2D eigenvalue weighted by molar-refractivity contribution is 0.0964. The lowest BCUT2D eigenvalue weighted by atomic mass is 10.2. The Morgan fingerprint density at radius 3 is 2.57 bits per heavy atom. The second-order valence-electron chi connectivity index (χ2n) is 4.94. The van der Waals surface area contributed by atoms with Gasteiger partial charge in [-0.2, -0.15) is 0 Å². The summed E-state index contributed by atoms with van der Waals surface area (Å²) in [5.41, 5.74) is 2.10. The number of nitrogens with zero attached hydrogens (tertiary/aromatic N) is 2. The highest BCUT2D eigenvalue weighted by atomic mass is 16.5. The van der Waals surface area contributed by atoms with Crippen LogP contribution in [0.15, 0.2) is 48.8 Å². The lowest BCUT2D eigenvalue weighted by Crippen LogP contribution is -2.11. The minimum Gasteiger partial charge on any atom is -0.490 e. The number of para-hydroxylation sites is 2. The molecule has 2 aromatic carbocycles. The first-order valence-electron chi connectivity index (χ1n) is 7.61. The van der Waals surface area contributed by atoms with E-state index in [0.29, 0.717) is 30.3 Å². The number of aromatic nitrogens is 2. The zero-order valence-electron chi connectivity index (χ0n) is 13.2. The fourth-order valence-electron chi connectivity index (χ4n) is 2.44. The van der Waals surface area contributed by atoms with Crippen LogP contribution in [0.2, 0.25) is 0 Å². The van der Waals surface area contributed by atoms with Gasteiger partial charge in [-0.15, -0.1) is 0 Å². The maximum atomic E-state index is 12.8. The second-order valence-corrected chi connectivity index (χ2v) is 4.94. The molecule has 0 aliphatic carbocycles. The molecule has 23 heavy (non-hydrogen) atoms. The van der Waals surface area contributed by atoms with Crippen molar-refractivity contribution in [3.63, 3.8) is 0 Å². The zero-order valence-corrected chi connectivity index (χ0v) is 13.2. The molecular formula is C18H18N2O3. The number of carbonyl (C=O) groups excluding carboxylic acids is 1. The molecule has 0 unspecified atom stereocenters. The van der Waals surface area contributed by atoms with Gasteiger partial charge in [-0.1, -0.05) is 12.1 Å². The van der Waals surface area contributed by atoms with Gasteiger partial charge in [-0.3, -0.25) is 9.36 Å². The Morgan fingerprint density at radius 2 is 1.78 bits per heavy atom. The van der Waals surface area contributed by atoms with Gasteiger partial charge in [0.25, 0.3) is 5.91 Å². The minimum absolute atomic E-state index is 0.150. The van der Waals surface area contributed by atoms with Gasteiger partial charge in [0.15, 0.2) is 11.5 Å². The average Bonchev–Trinajstić information content (AvgIpc) is 3.00. The molecule has 0 radical (unpaired) electrons. The van der Waals surface area contributed by atoms with E-state index < -0.39 is 0 Å². The molecule has 0 amide bonds. The van der Waals surface area contributed by atoms with Gasteiger partial charge in [0.1, 0.15) is 6.33 Å². The van der Waals surface area contributed by atoms with Crippen molar-refractivity contribution in [2.24, 2.45) is 0 Å². The number of rotatable bonds is 5. The molecule has 0 atom stereocenters. The van der Waals surface area contributed by atoms with Gasteiger partial charge in [0, 0.05) is 5.56 Å². The summed E-state index contributed by atoms with van der Waals surface area (Å²) in [5.74, 6) is 1.06. The predicted molar refractivity (Wildman–Crippen MR) is 88.2 cm³/mol. The monoisotopic (exact) mass is 310 g/mol. The molecule has 0 spiro atoms. The lowest BCUT2D eigenvalue weighted by Gasteiger charge is -2.12. The number of carbonyl (C=O) groups is 1. The zero-order chi connectivity index (χ0) is 16.2. The van der Waals surface area contributed by atoms with Crippen molar-refractivity contribution >= 4 is 16.9 Å². The molecule has 1 heterocycles. The highest BCUT2D eigenvalue weighted by Gasteiger charge is 2.15. The third-order valence-electron chi connectivity index (χ3n) is 3.46. The number of ether oxygens (including phenoxy) is 2. The molecule has 1 aromatic heterocycles. The topological polar surface area (TPSA) is 53.4 Å². The molecule has 3 rings (SSSR count). The Balaban J connectivity index is 2.00. The number of imidazole rings is 1. The molecule has 0 N–H and O–H groups in total. The summed E-state index contributed by atoms with van der Waals surface area (Å²) in [6.07, 6.45) is 1.55. The fourth-order valence-corrected chi connectivity index (χ4v) is 2.44. The fraction of sp³-hybridized carbons (Fsp3) is 0.222. The van der Waals surface area contributed by atoms with Crippen LogP contribution in [0.25, 0.3) is 11.0 Å². The number of fused-ring (bicyclic) bond motifs is 1. The summed E-state index contributed by atoms with van der Waals surface area (Å²) in [6.45, 7) is 4.85. The van der Waals surface area contributed by atoms with Gasteiger partial charge in [0.05, 0.1) is 24.2 Å². The standard InChI is InChI=1S/C18H18N2O3/c1-3-22-16-10-9-13(11-17(16)23-4-2)18(21)20-12-19-14-7-5-6-8-15(14)20/h5-12H,3-4H2,1-2H3. The number of hydrogen-bond acceptors (Lipinski definition) is 4. The quantitative estimate of drug-likeness (QED) is 0.723. The Kier molecular flexibility index (Phi) is 4.28. The summed E-state index contributed by atoms with van der Waals surface area (Å²) in [6, 6.07) is 12.8. The van der Waals surface area contributed by atoms with E-state index >= 15 is 0 Å². The van der Waals surface area contributed by atoms with Crippen molar-refractivity contribution in [3.8, 4) is 11.5 Å². The SMILES string of the molecule is CCOc1ccc(C(=O)n2cnc3ccccc32)cc1OCC. The van der Waals surface area contributed by atoms with E-state index in [2.05, 4.69) is 4.98 Å². The van der Waals surface area contributed by atoms with Crippen LogP contribution >= 0.6 is 0 Å². The summed E-state index contributed by atoms with van der Waals surface area (Å²) >= 11 is 0. The van der Waals surface area contributed by atoms with Crippen LogP contribution in [0.3, 0.4) is 0 Å². The van der Waals surface area contributed by atoms with Crippen molar-refractivity contribution < 1.29 is 14.3 Å². The van der Waals surface area contributed by atoms with E-state index in [-0.39, 0.29) is 5.91 Å². The Hall–Kier alpha value is -2.82. The van der Waals surface area contributed by atoms with Crippen molar-refractivity contribution in [1.29, 1.82) is 0 Å². The van der Waals surface area contributed by atoms with Crippen LogP contribution in [0.4, 0.5) is 0 Å². The van der Waals surface area contributed by atoms with Crippen LogP contribution in [-0.2, 0) is 0 Å². The molecule has 5 heteroatoms. The van der Waals surface area contributed by atoms with Gasteiger partial charge in [-0.25, -0.2) is 4.98 Å². The molecule has 0 bridgehead atoms. The van der Waals surface area contributed by atoms with Crippen molar-refractivity contribution in [2.75, 3.05) is 13.2 Å². The van der Waals surface area contributed by atoms with E-state index in [1.807, 2.05) is 38.1 Å².